The average molecular weight is 318 g/mol. The molecule has 23 heavy (non-hydrogen) atoms. The summed E-state index contributed by atoms with van der Waals surface area (Å²) in [4.78, 5) is 13.1. The molecular formula is C20H30O3. The maximum atomic E-state index is 13.1. The molecule has 3 fully saturated rings. The molecule has 0 heterocycles. The van der Waals surface area contributed by atoms with E-state index < -0.39 is 11.5 Å². The second-order valence-corrected chi connectivity index (χ2v) is 9.71. The third-order valence-corrected chi connectivity index (χ3v) is 8.13. The fraction of sp³-hybridized carbons (Fsp3) is 0.850. The monoisotopic (exact) mass is 318 g/mol. The molecule has 4 aliphatic carbocycles. The molecule has 2 bridgehead atoms. The van der Waals surface area contributed by atoms with Crippen molar-refractivity contribution in [2.24, 2.45) is 39.9 Å². The Kier molecular flexibility index (Phi) is 3.23. The number of hydrogen-bond donors (Lipinski definition) is 2. The fourth-order valence-electron chi connectivity index (χ4n) is 7.09. The third-order valence-electron chi connectivity index (χ3n) is 8.13. The SMILES string of the molecule is CC1(C)CC(O)C(=O)C2(C)C3CC4(CO)C=CC(C4)C3CCC12. The molecule has 7 atom stereocenters. The van der Waals surface area contributed by atoms with Crippen LogP contribution in [0.15, 0.2) is 12.2 Å². The van der Waals surface area contributed by atoms with Crippen LogP contribution >= 0.6 is 0 Å². The van der Waals surface area contributed by atoms with Gasteiger partial charge in [0.2, 0.25) is 0 Å². The zero-order valence-corrected chi connectivity index (χ0v) is 14.6. The zero-order valence-electron chi connectivity index (χ0n) is 14.6. The Morgan fingerprint density at radius 2 is 1.91 bits per heavy atom. The number of fused-ring (bicyclic) bond motifs is 6. The summed E-state index contributed by atoms with van der Waals surface area (Å²) in [5.74, 6) is 1.77. The van der Waals surface area contributed by atoms with Gasteiger partial charge in [-0.05, 0) is 61.2 Å². The Balaban J connectivity index is 1.78. The van der Waals surface area contributed by atoms with E-state index in [-0.39, 0.29) is 23.2 Å². The first kappa shape index (κ1) is 15.8. The van der Waals surface area contributed by atoms with E-state index in [9.17, 15) is 15.0 Å². The van der Waals surface area contributed by atoms with E-state index in [1.807, 2.05) is 0 Å². The van der Waals surface area contributed by atoms with Gasteiger partial charge in [0.05, 0.1) is 6.61 Å². The van der Waals surface area contributed by atoms with Crippen LogP contribution in [0.3, 0.4) is 0 Å². The quantitative estimate of drug-likeness (QED) is 0.731. The first-order valence-corrected chi connectivity index (χ1v) is 9.26. The molecule has 0 amide bonds. The number of Topliss-reactive ketones (excluding diaryl/α,β-unsaturated/α-hetero) is 1. The van der Waals surface area contributed by atoms with E-state index in [0.29, 0.717) is 30.1 Å². The summed E-state index contributed by atoms with van der Waals surface area (Å²) in [7, 11) is 0. The number of rotatable bonds is 1. The number of aliphatic hydroxyl groups is 2. The lowest BCUT2D eigenvalue weighted by molar-refractivity contribution is -0.180. The Morgan fingerprint density at radius 1 is 1.17 bits per heavy atom. The van der Waals surface area contributed by atoms with E-state index in [2.05, 4.69) is 32.9 Å². The van der Waals surface area contributed by atoms with Crippen molar-refractivity contribution in [3.63, 3.8) is 0 Å². The summed E-state index contributed by atoms with van der Waals surface area (Å²) in [5.41, 5.74) is -0.553. The van der Waals surface area contributed by atoms with Gasteiger partial charge < -0.3 is 10.2 Å². The van der Waals surface area contributed by atoms with Gasteiger partial charge in [0, 0.05) is 10.8 Å². The summed E-state index contributed by atoms with van der Waals surface area (Å²) < 4.78 is 0. The lowest BCUT2D eigenvalue weighted by atomic mass is 9.41. The molecule has 0 aromatic carbocycles. The summed E-state index contributed by atoms with van der Waals surface area (Å²) >= 11 is 0. The lowest BCUT2D eigenvalue weighted by Gasteiger charge is -2.62. The van der Waals surface area contributed by atoms with E-state index >= 15 is 0 Å². The van der Waals surface area contributed by atoms with Crippen LogP contribution in [-0.4, -0.2) is 28.7 Å². The highest BCUT2D eigenvalue weighted by Crippen LogP contribution is 2.66. The molecule has 3 saturated carbocycles. The van der Waals surface area contributed by atoms with Crippen molar-refractivity contribution in [2.75, 3.05) is 6.61 Å². The lowest BCUT2D eigenvalue weighted by Crippen LogP contribution is -2.62. The minimum Gasteiger partial charge on any atom is -0.395 e. The van der Waals surface area contributed by atoms with Gasteiger partial charge in [-0.1, -0.05) is 32.9 Å². The number of carbonyl (C=O) groups is 1. The van der Waals surface area contributed by atoms with Crippen LogP contribution in [-0.2, 0) is 4.79 Å². The highest BCUT2D eigenvalue weighted by molar-refractivity contribution is 5.90. The molecule has 4 rings (SSSR count). The van der Waals surface area contributed by atoms with Crippen LogP contribution in [0.2, 0.25) is 0 Å². The first-order valence-electron chi connectivity index (χ1n) is 9.26. The van der Waals surface area contributed by atoms with Crippen LogP contribution < -0.4 is 0 Å². The second-order valence-electron chi connectivity index (χ2n) is 9.71. The summed E-state index contributed by atoms with van der Waals surface area (Å²) in [6, 6.07) is 0. The zero-order chi connectivity index (χ0) is 16.6. The van der Waals surface area contributed by atoms with Gasteiger partial charge in [0.1, 0.15) is 6.10 Å². The van der Waals surface area contributed by atoms with Gasteiger partial charge in [-0.2, -0.15) is 0 Å². The molecule has 0 aliphatic heterocycles. The molecule has 0 radical (unpaired) electrons. The van der Waals surface area contributed by atoms with Crippen molar-refractivity contribution in [3.8, 4) is 0 Å². The highest BCUT2D eigenvalue weighted by Gasteiger charge is 2.64. The van der Waals surface area contributed by atoms with Crippen molar-refractivity contribution in [1.82, 2.24) is 0 Å². The van der Waals surface area contributed by atoms with Gasteiger partial charge in [-0.15, -0.1) is 0 Å². The van der Waals surface area contributed by atoms with Gasteiger partial charge in [0.15, 0.2) is 5.78 Å². The van der Waals surface area contributed by atoms with Crippen LogP contribution in [0.4, 0.5) is 0 Å². The largest absolute Gasteiger partial charge is 0.395 e. The second kappa shape index (κ2) is 4.70. The van der Waals surface area contributed by atoms with Crippen molar-refractivity contribution >= 4 is 5.78 Å². The van der Waals surface area contributed by atoms with E-state index in [4.69, 9.17) is 0 Å². The Bertz CT molecular complexity index is 565. The van der Waals surface area contributed by atoms with Crippen LogP contribution in [0.5, 0.6) is 0 Å². The third kappa shape index (κ3) is 1.93. The van der Waals surface area contributed by atoms with Crippen molar-refractivity contribution in [2.45, 2.75) is 59.0 Å². The van der Waals surface area contributed by atoms with E-state index in [0.717, 1.165) is 19.3 Å². The summed E-state index contributed by atoms with van der Waals surface area (Å²) in [5, 5.41) is 20.4. The maximum Gasteiger partial charge on any atom is 0.167 e. The van der Waals surface area contributed by atoms with Gasteiger partial charge in [0.25, 0.3) is 0 Å². The Hall–Kier alpha value is -0.670. The number of aliphatic hydroxyl groups excluding tert-OH is 2. The molecule has 0 saturated heterocycles. The first-order chi connectivity index (χ1) is 10.7. The number of hydrogen-bond acceptors (Lipinski definition) is 3. The molecule has 3 heteroatoms. The fourth-order valence-corrected chi connectivity index (χ4v) is 7.09. The molecule has 0 aromatic heterocycles. The van der Waals surface area contributed by atoms with Crippen molar-refractivity contribution < 1.29 is 15.0 Å². The van der Waals surface area contributed by atoms with E-state index in [1.165, 1.54) is 6.42 Å². The van der Waals surface area contributed by atoms with Crippen LogP contribution in [0.1, 0.15) is 52.9 Å². The molecule has 3 nitrogen and oxygen atoms in total. The number of allylic oxidation sites excluding steroid dienone is 1. The molecule has 0 spiro atoms. The van der Waals surface area contributed by atoms with Gasteiger partial charge >= 0.3 is 0 Å². The highest BCUT2D eigenvalue weighted by atomic mass is 16.3. The van der Waals surface area contributed by atoms with Gasteiger partial charge in [-0.3, -0.25) is 4.79 Å². The van der Waals surface area contributed by atoms with Crippen LogP contribution in [0.25, 0.3) is 0 Å². The summed E-state index contributed by atoms with van der Waals surface area (Å²) in [6.45, 7) is 6.77. The standard InChI is InChI=1S/C20H30O3/c1-18(2)10-15(22)17(23)19(3)14-9-20(11-21)7-6-12(8-20)13(14)4-5-16(18)19/h6-7,12-16,21-22H,4-5,8-11H2,1-3H3. The predicted octanol–water partition coefficient (Wildman–Crippen LogP) is 2.95. The molecule has 4 aliphatic rings. The Labute approximate surface area is 139 Å². The normalized spacial score (nSPS) is 53.8. The molecular weight excluding hydrogens is 288 g/mol. The predicted molar refractivity (Wildman–Crippen MR) is 88.6 cm³/mol. The topological polar surface area (TPSA) is 57.5 Å². The smallest absolute Gasteiger partial charge is 0.167 e. The Morgan fingerprint density at radius 3 is 2.61 bits per heavy atom. The molecule has 128 valence electrons. The minimum absolute atomic E-state index is 0.00332. The number of ketones is 1. The maximum absolute atomic E-state index is 13.1. The average Bonchev–Trinajstić information content (AvgIpc) is 2.85. The minimum atomic E-state index is -0.817. The molecule has 0 aromatic rings. The summed E-state index contributed by atoms with van der Waals surface area (Å²) in [6.07, 6.45) is 8.55. The number of carbonyl (C=O) groups excluding carboxylic acids is 1. The molecule has 7 unspecified atom stereocenters. The van der Waals surface area contributed by atoms with E-state index in [1.54, 1.807) is 0 Å². The molecule has 2 N–H and O–H groups in total. The van der Waals surface area contributed by atoms with Gasteiger partial charge in [-0.25, -0.2) is 0 Å². The van der Waals surface area contributed by atoms with Crippen molar-refractivity contribution in [1.29, 1.82) is 0 Å². The van der Waals surface area contributed by atoms with Crippen molar-refractivity contribution in [3.05, 3.63) is 12.2 Å². The van der Waals surface area contributed by atoms with Crippen LogP contribution in [0, 0.1) is 39.9 Å².